The third-order valence-electron chi connectivity index (χ3n) is 5.52. The minimum atomic E-state index is -0.283. The summed E-state index contributed by atoms with van der Waals surface area (Å²) in [6.45, 7) is 0. The van der Waals surface area contributed by atoms with E-state index in [2.05, 4.69) is 20.8 Å². The Morgan fingerprint density at radius 2 is 2.00 bits per heavy atom. The van der Waals surface area contributed by atoms with Crippen LogP contribution < -0.4 is 20.1 Å². The average molecular weight is 414 g/mol. The maximum Gasteiger partial charge on any atom is 0.319 e. The van der Waals surface area contributed by atoms with Gasteiger partial charge in [-0.2, -0.15) is 5.10 Å². The van der Waals surface area contributed by atoms with Gasteiger partial charge in [0.15, 0.2) is 0 Å². The molecule has 0 bridgehead atoms. The van der Waals surface area contributed by atoms with Crippen molar-refractivity contribution in [1.29, 1.82) is 0 Å². The van der Waals surface area contributed by atoms with E-state index in [9.17, 15) is 4.79 Å². The van der Waals surface area contributed by atoms with Gasteiger partial charge in [-0.05, 0) is 29.8 Å². The van der Waals surface area contributed by atoms with Gasteiger partial charge in [0, 0.05) is 23.4 Å². The van der Waals surface area contributed by atoms with Crippen LogP contribution in [0.25, 0.3) is 10.9 Å². The zero-order chi connectivity index (χ0) is 21.2. The van der Waals surface area contributed by atoms with Crippen LogP contribution in [-0.4, -0.2) is 23.3 Å². The number of H-pyrrole nitrogens is 1. The quantitative estimate of drug-likeness (QED) is 0.440. The van der Waals surface area contributed by atoms with Crippen molar-refractivity contribution >= 4 is 22.6 Å². The summed E-state index contributed by atoms with van der Waals surface area (Å²) < 4.78 is 11.6. The Balaban J connectivity index is 1.41. The molecule has 2 atom stereocenters. The summed E-state index contributed by atoms with van der Waals surface area (Å²) in [6, 6.07) is 20.8. The number of fused-ring (bicyclic) bond motifs is 2. The number of methoxy groups -OCH3 is 1. The zero-order valence-electron chi connectivity index (χ0n) is 17.0. The predicted octanol–water partition coefficient (Wildman–Crippen LogP) is 4.96. The van der Waals surface area contributed by atoms with Crippen molar-refractivity contribution in [3.05, 3.63) is 84.1 Å². The monoisotopic (exact) mass is 414 g/mol. The number of aromatic amines is 1. The largest absolute Gasteiger partial charge is 0.497 e. The SMILES string of the molecule is COc1ccc2c(c1)OC(c1ccccc1)CC2NC(=O)Nc1cccc2[nH]ncc12. The molecular formula is C24H22N4O3. The molecule has 3 aromatic carbocycles. The molecule has 1 aliphatic rings. The molecule has 7 heteroatoms. The van der Waals surface area contributed by atoms with Crippen molar-refractivity contribution < 1.29 is 14.3 Å². The maximum atomic E-state index is 12.9. The van der Waals surface area contributed by atoms with E-state index in [1.807, 2.05) is 66.7 Å². The number of carbonyl (C=O) groups excluding carboxylic acids is 1. The second-order valence-corrected chi connectivity index (χ2v) is 7.44. The van der Waals surface area contributed by atoms with E-state index in [1.54, 1.807) is 13.3 Å². The highest BCUT2D eigenvalue weighted by atomic mass is 16.5. The van der Waals surface area contributed by atoms with E-state index >= 15 is 0 Å². The Labute approximate surface area is 179 Å². The van der Waals surface area contributed by atoms with Crippen molar-refractivity contribution in [3.63, 3.8) is 0 Å². The molecule has 2 amide bonds. The summed E-state index contributed by atoms with van der Waals surface area (Å²) in [7, 11) is 1.62. The molecule has 31 heavy (non-hydrogen) atoms. The third-order valence-corrected chi connectivity index (χ3v) is 5.52. The first-order chi connectivity index (χ1) is 15.2. The van der Waals surface area contributed by atoms with Gasteiger partial charge in [-0.3, -0.25) is 5.10 Å². The topological polar surface area (TPSA) is 88.3 Å². The van der Waals surface area contributed by atoms with Gasteiger partial charge in [0.05, 0.1) is 30.6 Å². The Hall–Kier alpha value is -4.00. The summed E-state index contributed by atoms with van der Waals surface area (Å²) in [5.41, 5.74) is 3.55. The van der Waals surface area contributed by atoms with Gasteiger partial charge in [0.1, 0.15) is 17.6 Å². The van der Waals surface area contributed by atoms with Crippen LogP contribution in [0, 0.1) is 0 Å². The number of anilines is 1. The minimum Gasteiger partial charge on any atom is -0.497 e. The first kappa shape index (κ1) is 19.0. The molecule has 0 spiro atoms. The summed E-state index contributed by atoms with van der Waals surface area (Å²) >= 11 is 0. The van der Waals surface area contributed by atoms with Gasteiger partial charge in [-0.1, -0.05) is 36.4 Å². The van der Waals surface area contributed by atoms with Crippen LogP contribution in [0.15, 0.2) is 72.9 Å². The van der Waals surface area contributed by atoms with Gasteiger partial charge < -0.3 is 20.1 Å². The van der Waals surface area contributed by atoms with Gasteiger partial charge in [0.25, 0.3) is 0 Å². The van der Waals surface area contributed by atoms with Crippen molar-refractivity contribution in [2.24, 2.45) is 0 Å². The lowest BCUT2D eigenvalue weighted by Gasteiger charge is -2.33. The van der Waals surface area contributed by atoms with E-state index in [-0.39, 0.29) is 18.2 Å². The number of aromatic nitrogens is 2. The van der Waals surface area contributed by atoms with Gasteiger partial charge in [-0.15, -0.1) is 0 Å². The fraction of sp³-hybridized carbons (Fsp3) is 0.167. The molecule has 7 nitrogen and oxygen atoms in total. The lowest BCUT2D eigenvalue weighted by atomic mass is 9.93. The molecule has 2 heterocycles. The molecular weight excluding hydrogens is 392 g/mol. The number of hydrogen-bond donors (Lipinski definition) is 3. The fourth-order valence-electron chi connectivity index (χ4n) is 3.98. The first-order valence-electron chi connectivity index (χ1n) is 10.1. The number of nitrogens with one attached hydrogen (secondary N) is 3. The zero-order valence-corrected chi connectivity index (χ0v) is 17.0. The Kier molecular flexibility index (Phi) is 4.92. The number of carbonyl (C=O) groups is 1. The molecule has 2 unspecified atom stereocenters. The van der Waals surface area contributed by atoms with Crippen molar-refractivity contribution in [3.8, 4) is 11.5 Å². The molecule has 5 rings (SSSR count). The normalized spacial score (nSPS) is 17.5. The highest BCUT2D eigenvalue weighted by Gasteiger charge is 2.31. The number of amides is 2. The lowest BCUT2D eigenvalue weighted by Crippen LogP contribution is -2.36. The van der Waals surface area contributed by atoms with Gasteiger partial charge >= 0.3 is 6.03 Å². The van der Waals surface area contributed by atoms with E-state index in [0.29, 0.717) is 23.6 Å². The molecule has 0 fully saturated rings. The molecule has 1 aromatic heterocycles. The molecule has 4 aromatic rings. The highest BCUT2D eigenvalue weighted by Crippen LogP contribution is 2.42. The number of rotatable bonds is 4. The maximum absolute atomic E-state index is 12.9. The van der Waals surface area contributed by atoms with E-state index in [4.69, 9.17) is 9.47 Å². The van der Waals surface area contributed by atoms with Crippen LogP contribution in [0.1, 0.15) is 29.7 Å². The second-order valence-electron chi connectivity index (χ2n) is 7.44. The number of ether oxygens (including phenoxy) is 2. The molecule has 1 aliphatic heterocycles. The van der Waals surface area contributed by atoms with Crippen LogP contribution in [0.2, 0.25) is 0 Å². The summed E-state index contributed by atoms with van der Waals surface area (Å²) in [4.78, 5) is 12.9. The van der Waals surface area contributed by atoms with Crippen molar-refractivity contribution in [2.45, 2.75) is 18.6 Å². The molecule has 3 N–H and O–H groups in total. The standard InChI is InChI=1S/C24H22N4O3/c1-30-16-10-11-17-21(13-22(31-23(17)12-16)15-6-3-2-4-7-15)27-24(29)26-19-8-5-9-20-18(19)14-25-28-20/h2-12,14,21-22H,13H2,1H3,(H,25,28)(H2,26,27,29). The number of nitrogens with zero attached hydrogens (tertiary/aromatic N) is 1. The van der Waals surface area contributed by atoms with Crippen LogP contribution >= 0.6 is 0 Å². The Morgan fingerprint density at radius 1 is 1.13 bits per heavy atom. The summed E-state index contributed by atoms with van der Waals surface area (Å²) in [6.07, 6.45) is 2.14. The highest BCUT2D eigenvalue weighted by molar-refractivity contribution is 6.00. The first-order valence-corrected chi connectivity index (χ1v) is 10.1. The fourth-order valence-corrected chi connectivity index (χ4v) is 3.98. The molecule has 0 saturated heterocycles. The van der Waals surface area contributed by atoms with Gasteiger partial charge in [-0.25, -0.2) is 4.79 Å². The van der Waals surface area contributed by atoms with E-state index < -0.39 is 0 Å². The van der Waals surface area contributed by atoms with E-state index in [1.165, 1.54) is 0 Å². The number of hydrogen-bond acceptors (Lipinski definition) is 4. The minimum absolute atomic E-state index is 0.177. The predicted molar refractivity (Wildman–Crippen MR) is 118 cm³/mol. The van der Waals surface area contributed by atoms with Crippen LogP contribution in [0.5, 0.6) is 11.5 Å². The average Bonchev–Trinajstić information content (AvgIpc) is 3.29. The van der Waals surface area contributed by atoms with Crippen LogP contribution in [0.3, 0.4) is 0 Å². The summed E-state index contributed by atoms with van der Waals surface area (Å²) in [5, 5.41) is 13.9. The van der Waals surface area contributed by atoms with Gasteiger partial charge in [0.2, 0.25) is 0 Å². The third kappa shape index (κ3) is 3.77. The van der Waals surface area contributed by atoms with Crippen LogP contribution in [0.4, 0.5) is 10.5 Å². The number of benzene rings is 3. The molecule has 156 valence electrons. The van der Waals surface area contributed by atoms with Crippen LogP contribution in [-0.2, 0) is 0 Å². The lowest BCUT2D eigenvalue weighted by molar-refractivity contribution is 0.152. The molecule has 0 saturated carbocycles. The molecule has 0 radical (unpaired) electrons. The Bertz CT molecular complexity index is 1220. The summed E-state index contributed by atoms with van der Waals surface area (Å²) in [5.74, 6) is 1.42. The van der Waals surface area contributed by atoms with Crippen molar-refractivity contribution in [1.82, 2.24) is 15.5 Å². The van der Waals surface area contributed by atoms with E-state index in [0.717, 1.165) is 22.0 Å². The smallest absolute Gasteiger partial charge is 0.319 e. The van der Waals surface area contributed by atoms with Crippen molar-refractivity contribution in [2.75, 3.05) is 12.4 Å². The second kappa shape index (κ2) is 8.02. The number of urea groups is 1. The Morgan fingerprint density at radius 3 is 2.84 bits per heavy atom. The molecule has 0 aliphatic carbocycles.